The Kier molecular flexibility index (Phi) is 4.56. The van der Waals surface area contributed by atoms with Gasteiger partial charge in [0, 0.05) is 24.8 Å². The van der Waals surface area contributed by atoms with Gasteiger partial charge in [-0.15, -0.1) is 0 Å². The maximum atomic E-state index is 11.2. The van der Waals surface area contributed by atoms with Crippen molar-refractivity contribution < 1.29 is 14.7 Å². The molecule has 0 aliphatic rings. The fourth-order valence-electron chi connectivity index (χ4n) is 2.00. The van der Waals surface area contributed by atoms with Crippen LogP contribution < -0.4 is 10.6 Å². The maximum absolute atomic E-state index is 11.2. The zero-order valence-electron chi connectivity index (χ0n) is 11.6. The van der Waals surface area contributed by atoms with E-state index in [4.69, 9.17) is 5.11 Å². The fraction of sp³-hybridized carbons (Fsp3) is 0.125. The number of anilines is 2. The number of rotatable bonds is 5. The van der Waals surface area contributed by atoms with Gasteiger partial charge < -0.3 is 15.7 Å². The summed E-state index contributed by atoms with van der Waals surface area (Å²) >= 11 is 0. The number of benzene rings is 2. The molecular formula is C16H16N2O3. The SMILES string of the molecule is CC(=O)Nc1ccccc1CNc1ccccc1C(=O)O. The minimum atomic E-state index is -0.978. The molecule has 5 heteroatoms. The maximum Gasteiger partial charge on any atom is 0.337 e. The van der Waals surface area contributed by atoms with Crippen LogP contribution in [0, 0.1) is 0 Å². The van der Waals surface area contributed by atoms with E-state index in [1.165, 1.54) is 6.92 Å². The third-order valence-corrected chi connectivity index (χ3v) is 2.95. The number of carbonyl (C=O) groups is 2. The number of hydrogen-bond acceptors (Lipinski definition) is 3. The van der Waals surface area contributed by atoms with Gasteiger partial charge in [0.05, 0.1) is 5.56 Å². The van der Waals surface area contributed by atoms with Crippen molar-refractivity contribution in [2.24, 2.45) is 0 Å². The van der Waals surface area contributed by atoms with E-state index in [0.717, 1.165) is 5.56 Å². The Labute approximate surface area is 122 Å². The van der Waals surface area contributed by atoms with Crippen molar-refractivity contribution in [2.75, 3.05) is 10.6 Å². The predicted molar refractivity (Wildman–Crippen MR) is 81.5 cm³/mol. The van der Waals surface area contributed by atoms with Gasteiger partial charge in [-0.25, -0.2) is 4.79 Å². The van der Waals surface area contributed by atoms with Gasteiger partial charge in [-0.05, 0) is 23.8 Å². The van der Waals surface area contributed by atoms with Gasteiger partial charge in [-0.3, -0.25) is 4.79 Å². The summed E-state index contributed by atoms with van der Waals surface area (Å²) in [5.41, 5.74) is 2.36. The van der Waals surface area contributed by atoms with E-state index in [2.05, 4.69) is 10.6 Å². The molecule has 0 aliphatic heterocycles. The summed E-state index contributed by atoms with van der Waals surface area (Å²) in [6.07, 6.45) is 0. The largest absolute Gasteiger partial charge is 0.478 e. The summed E-state index contributed by atoms with van der Waals surface area (Å²) in [6.45, 7) is 1.87. The molecule has 2 rings (SSSR count). The molecule has 0 saturated carbocycles. The van der Waals surface area contributed by atoms with E-state index in [0.29, 0.717) is 17.9 Å². The lowest BCUT2D eigenvalue weighted by molar-refractivity contribution is -0.114. The van der Waals surface area contributed by atoms with Crippen LogP contribution in [0.25, 0.3) is 0 Å². The number of nitrogens with one attached hydrogen (secondary N) is 2. The number of carboxylic acids is 1. The van der Waals surface area contributed by atoms with E-state index < -0.39 is 5.97 Å². The Morgan fingerprint density at radius 3 is 2.29 bits per heavy atom. The molecule has 0 atom stereocenters. The molecule has 0 aliphatic carbocycles. The highest BCUT2D eigenvalue weighted by Gasteiger charge is 2.09. The van der Waals surface area contributed by atoms with E-state index in [-0.39, 0.29) is 11.5 Å². The number of amides is 1. The normalized spacial score (nSPS) is 9.95. The van der Waals surface area contributed by atoms with Crippen LogP contribution in [0.2, 0.25) is 0 Å². The van der Waals surface area contributed by atoms with Gasteiger partial charge in [0.2, 0.25) is 5.91 Å². The molecule has 0 radical (unpaired) electrons. The average Bonchev–Trinajstić information content (AvgIpc) is 2.46. The van der Waals surface area contributed by atoms with E-state index in [9.17, 15) is 9.59 Å². The smallest absolute Gasteiger partial charge is 0.337 e. The van der Waals surface area contributed by atoms with Crippen LogP contribution in [0.1, 0.15) is 22.8 Å². The molecule has 0 unspecified atom stereocenters. The Balaban J connectivity index is 2.17. The Bertz CT molecular complexity index is 668. The second-order valence-corrected chi connectivity index (χ2v) is 4.54. The van der Waals surface area contributed by atoms with Crippen molar-refractivity contribution in [1.82, 2.24) is 0 Å². The van der Waals surface area contributed by atoms with Crippen molar-refractivity contribution in [3.05, 3.63) is 59.7 Å². The molecule has 2 aromatic carbocycles. The predicted octanol–water partition coefficient (Wildman–Crippen LogP) is 2.96. The highest BCUT2D eigenvalue weighted by molar-refractivity contribution is 5.94. The minimum Gasteiger partial charge on any atom is -0.478 e. The van der Waals surface area contributed by atoms with Crippen LogP contribution in [0.4, 0.5) is 11.4 Å². The first-order valence-electron chi connectivity index (χ1n) is 6.49. The summed E-state index contributed by atoms with van der Waals surface area (Å²) in [6, 6.07) is 14.1. The van der Waals surface area contributed by atoms with Crippen LogP contribution in [0.5, 0.6) is 0 Å². The first kappa shape index (κ1) is 14.6. The molecule has 1 amide bonds. The molecule has 0 heterocycles. The highest BCUT2D eigenvalue weighted by Crippen LogP contribution is 2.19. The van der Waals surface area contributed by atoms with Gasteiger partial charge in [-0.1, -0.05) is 30.3 Å². The van der Waals surface area contributed by atoms with Crippen LogP contribution in [-0.4, -0.2) is 17.0 Å². The van der Waals surface area contributed by atoms with Crippen LogP contribution in [0.15, 0.2) is 48.5 Å². The number of carboxylic acid groups (broad SMARTS) is 1. The Morgan fingerprint density at radius 2 is 1.62 bits per heavy atom. The van der Waals surface area contributed by atoms with E-state index >= 15 is 0 Å². The number of carbonyl (C=O) groups excluding carboxylic acids is 1. The first-order chi connectivity index (χ1) is 10.1. The lowest BCUT2D eigenvalue weighted by Crippen LogP contribution is -2.11. The molecule has 0 aromatic heterocycles. The van der Waals surface area contributed by atoms with Crippen molar-refractivity contribution >= 4 is 23.3 Å². The molecule has 21 heavy (non-hydrogen) atoms. The molecule has 0 spiro atoms. The Hall–Kier alpha value is -2.82. The van der Waals surface area contributed by atoms with Gasteiger partial charge in [0.1, 0.15) is 0 Å². The van der Waals surface area contributed by atoms with E-state index in [1.807, 2.05) is 24.3 Å². The standard InChI is InChI=1S/C16H16N2O3/c1-11(19)18-14-8-4-2-6-12(14)10-17-15-9-5-3-7-13(15)16(20)21/h2-9,17H,10H2,1H3,(H,18,19)(H,20,21). The second-order valence-electron chi connectivity index (χ2n) is 4.54. The zero-order valence-corrected chi connectivity index (χ0v) is 11.6. The van der Waals surface area contributed by atoms with Crippen LogP contribution in [0.3, 0.4) is 0 Å². The van der Waals surface area contributed by atoms with Gasteiger partial charge >= 0.3 is 5.97 Å². The lowest BCUT2D eigenvalue weighted by atomic mass is 10.1. The molecule has 0 saturated heterocycles. The summed E-state index contributed by atoms with van der Waals surface area (Å²) in [7, 11) is 0. The number of aromatic carboxylic acids is 1. The summed E-state index contributed by atoms with van der Waals surface area (Å²) in [4.78, 5) is 22.3. The first-order valence-corrected chi connectivity index (χ1v) is 6.49. The second kappa shape index (κ2) is 6.56. The summed E-state index contributed by atoms with van der Waals surface area (Å²) in [5, 5.41) is 15.0. The van der Waals surface area contributed by atoms with Gasteiger partial charge in [0.25, 0.3) is 0 Å². The molecule has 2 aromatic rings. The topological polar surface area (TPSA) is 78.4 Å². The van der Waals surface area contributed by atoms with Gasteiger partial charge in [-0.2, -0.15) is 0 Å². The molecule has 3 N–H and O–H groups in total. The summed E-state index contributed by atoms with van der Waals surface area (Å²) < 4.78 is 0. The van der Waals surface area contributed by atoms with Crippen molar-refractivity contribution in [1.29, 1.82) is 0 Å². The van der Waals surface area contributed by atoms with Crippen LogP contribution >= 0.6 is 0 Å². The highest BCUT2D eigenvalue weighted by atomic mass is 16.4. The fourth-order valence-corrected chi connectivity index (χ4v) is 2.00. The molecule has 0 bridgehead atoms. The van der Waals surface area contributed by atoms with Gasteiger partial charge in [0.15, 0.2) is 0 Å². The molecule has 108 valence electrons. The summed E-state index contributed by atoms with van der Waals surface area (Å²) in [5.74, 6) is -1.12. The Morgan fingerprint density at radius 1 is 1.00 bits per heavy atom. The van der Waals surface area contributed by atoms with Crippen molar-refractivity contribution in [3.8, 4) is 0 Å². The molecular weight excluding hydrogens is 268 g/mol. The van der Waals surface area contributed by atoms with Crippen molar-refractivity contribution in [3.63, 3.8) is 0 Å². The number of para-hydroxylation sites is 2. The van der Waals surface area contributed by atoms with Crippen LogP contribution in [-0.2, 0) is 11.3 Å². The zero-order chi connectivity index (χ0) is 15.2. The molecule has 0 fully saturated rings. The third kappa shape index (κ3) is 3.82. The van der Waals surface area contributed by atoms with Crippen molar-refractivity contribution in [2.45, 2.75) is 13.5 Å². The minimum absolute atomic E-state index is 0.145. The quantitative estimate of drug-likeness (QED) is 0.788. The molecule has 5 nitrogen and oxygen atoms in total. The number of hydrogen-bond donors (Lipinski definition) is 3. The van der Waals surface area contributed by atoms with E-state index in [1.54, 1.807) is 24.3 Å². The third-order valence-electron chi connectivity index (χ3n) is 2.95. The monoisotopic (exact) mass is 284 g/mol. The average molecular weight is 284 g/mol. The lowest BCUT2D eigenvalue weighted by Gasteiger charge is -2.13.